The highest BCUT2D eigenvalue weighted by atomic mass is 35.5. The Kier molecular flexibility index (Phi) is 6.30. The first-order valence-corrected chi connectivity index (χ1v) is 11.1. The van der Waals surface area contributed by atoms with Crippen LogP contribution in [0.1, 0.15) is 29.8 Å². The Hall–Kier alpha value is -2.68. The predicted molar refractivity (Wildman–Crippen MR) is 114 cm³/mol. The van der Waals surface area contributed by atoms with Gasteiger partial charge in [-0.15, -0.1) is 0 Å². The lowest BCUT2D eigenvalue weighted by atomic mass is 10.1. The highest BCUT2D eigenvalue weighted by molar-refractivity contribution is 7.89. The van der Waals surface area contributed by atoms with Gasteiger partial charge in [0.05, 0.1) is 10.6 Å². The summed E-state index contributed by atoms with van der Waals surface area (Å²) in [6.45, 7) is 5.74. The van der Waals surface area contributed by atoms with Crippen molar-refractivity contribution in [2.75, 3.05) is 13.1 Å². The summed E-state index contributed by atoms with van der Waals surface area (Å²) in [7, 11) is -3.86. The van der Waals surface area contributed by atoms with E-state index in [0.29, 0.717) is 5.39 Å². The Labute approximate surface area is 178 Å². The summed E-state index contributed by atoms with van der Waals surface area (Å²) in [5, 5.41) is 0.731. The summed E-state index contributed by atoms with van der Waals surface area (Å²) in [5.41, 5.74) is 0.539. The van der Waals surface area contributed by atoms with Gasteiger partial charge in [-0.2, -0.15) is 4.31 Å². The van der Waals surface area contributed by atoms with Crippen molar-refractivity contribution in [1.82, 2.24) is 4.31 Å². The summed E-state index contributed by atoms with van der Waals surface area (Å²) in [6, 6.07) is 9.98. The first-order valence-electron chi connectivity index (χ1n) is 9.23. The van der Waals surface area contributed by atoms with Crippen molar-refractivity contribution in [2.45, 2.75) is 25.7 Å². The average Bonchev–Trinajstić information content (AvgIpc) is 2.68. The fourth-order valence-corrected chi connectivity index (χ4v) is 5.02. The molecule has 3 aromatic rings. The third kappa shape index (κ3) is 4.26. The second-order valence-corrected chi connectivity index (χ2v) is 8.84. The number of nitrogens with zero attached hydrogens (tertiary/aromatic N) is 1. The monoisotopic (exact) mass is 449 g/mol. The molecule has 0 saturated carbocycles. The summed E-state index contributed by atoms with van der Waals surface area (Å²) >= 11 is 6.10. The van der Waals surface area contributed by atoms with Gasteiger partial charge in [0, 0.05) is 30.6 Å². The molecule has 0 aliphatic rings. The third-order valence-corrected chi connectivity index (χ3v) is 7.15. The molecule has 0 aliphatic heterocycles. The standard InChI is InChI=1S/C21H20ClNO6S/c1-4-23(5-2)30(26,27)19-11-14(6-9-17(19)22)21(25)28-15-7-8-16-13(3)10-20(24)29-18(16)12-15/h6-12H,4-5H2,1-3H3. The van der Waals surface area contributed by atoms with Crippen molar-refractivity contribution in [3.8, 4) is 5.75 Å². The molecule has 0 unspecified atom stereocenters. The van der Waals surface area contributed by atoms with Crippen LogP contribution in [0.5, 0.6) is 5.75 Å². The summed E-state index contributed by atoms with van der Waals surface area (Å²) in [4.78, 5) is 24.0. The third-order valence-electron chi connectivity index (χ3n) is 4.62. The first-order chi connectivity index (χ1) is 14.2. The van der Waals surface area contributed by atoms with E-state index in [1.165, 1.54) is 34.6 Å². The highest BCUT2D eigenvalue weighted by Crippen LogP contribution is 2.27. The lowest BCUT2D eigenvalue weighted by molar-refractivity contribution is 0.0734. The fraction of sp³-hybridized carbons (Fsp3) is 0.238. The number of ether oxygens (including phenoxy) is 1. The van der Waals surface area contributed by atoms with Crippen molar-refractivity contribution in [3.63, 3.8) is 0 Å². The van der Waals surface area contributed by atoms with E-state index in [1.807, 2.05) is 0 Å². The average molecular weight is 450 g/mol. The van der Waals surface area contributed by atoms with Crippen LogP contribution in [0.25, 0.3) is 11.0 Å². The number of benzene rings is 2. The van der Waals surface area contributed by atoms with Gasteiger partial charge < -0.3 is 9.15 Å². The molecule has 0 radical (unpaired) electrons. The molecule has 1 heterocycles. The minimum absolute atomic E-state index is 0.0152. The molecular weight excluding hydrogens is 430 g/mol. The number of fused-ring (bicyclic) bond motifs is 1. The van der Waals surface area contributed by atoms with Gasteiger partial charge in [0.25, 0.3) is 0 Å². The Bertz CT molecular complexity index is 1280. The topological polar surface area (TPSA) is 93.9 Å². The summed E-state index contributed by atoms with van der Waals surface area (Å²) < 4.78 is 37.4. The number of hydrogen-bond acceptors (Lipinski definition) is 6. The molecule has 2 aromatic carbocycles. The fourth-order valence-electron chi connectivity index (χ4n) is 3.07. The van der Waals surface area contributed by atoms with Gasteiger partial charge in [0.15, 0.2) is 0 Å². The normalized spacial score (nSPS) is 11.8. The smallest absolute Gasteiger partial charge is 0.343 e. The van der Waals surface area contributed by atoms with Gasteiger partial charge in [-0.1, -0.05) is 25.4 Å². The van der Waals surface area contributed by atoms with Crippen LogP contribution in [0.15, 0.2) is 56.6 Å². The number of carbonyl (C=O) groups excluding carboxylic acids is 1. The van der Waals surface area contributed by atoms with Crippen molar-refractivity contribution in [1.29, 1.82) is 0 Å². The van der Waals surface area contributed by atoms with E-state index < -0.39 is 21.6 Å². The Balaban J connectivity index is 1.95. The maximum absolute atomic E-state index is 12.8. The second kappa shape index (κ2) is 8.59. The van der Waals surface area contributed by atoms with Gasteiger partial charge in [-0.3, -0.25) is 0 Å². The minimum Gasteiger partial charge on any atom is -0.423 e. The maximum atomic E-state index is 12.8. The molecule has 0 bridgehead atoms. The number of halogens is 1. The van der Waals surface area contributed by atoms with Crippen LogP contribution in [0.2, 0.25) is 5.02 Å². The number of aryl methyl sites for hydroxylation is 1. The molecule has 30 heavy (non-hydrogen) atoms. The number of esters is 1. The van der Waals surface area contributed by atoms with Gasteiger partial charge >= 0.3 is 11.6 Å². The lowest BCUT2D eigenvalue weighted by Crippen LogP contribution is -2.31. The number of rotatable bonds is 6. The van der Waals surface area contributed by atoms with E-state index in [1.54, 1.807) is 32.9 Å². The van der Waals surface area contributed by atoms with Crippen molar-refractivity contribution in [3.05, 3.63) is 69.0 Å². The van der Waals surface area contributed by atoms with E-state index in [-0.39, 0.29) is 39.9 Å². The van der Waals surface area contributed by atoms with Crippen LogP contribution in [-0.4, -0.2) is 31.8 Å². The molecule has 0 aliphatic carbocycles. The number of carbonyl (C=O) groups is 1. The van der Waals surface area contributed by atoms with Crippen LogP contribution in [0.4, 0.5) is 0 Å². The number of sulfonamides is 1. The van der Waals surface area contributed by atoms with Crippen molar-refractivity contribution < 1.29 is 22.4 Å². The van der Waals surface area contributed by atoms with E-state index in [4.69, 9.17) is 20.8 Å². The molecular formula is C21H20ClNO6S. The zero-order valence-electron chi connectivity index (χ0n) is 16.6. The molecule has 0 saturated heterocycles. The van der Waals surface area contributed by atoms with Crippen molar-refractivity contribution >= 4 is 38.6 Å². The van der Waals surface area contributed by atoms with Crippen LogP contribution in [-0.2, 0) is 10.0 Å². The number of hydrogen-bond donors (Lipinski definition) is 0. The first kappa shape index (κ1) is 22.0. The molecule has 0 fully saturated rings. The SMILES string of the molecule is CCN(CC)S(=O)(=O)c1cc(C(=O)Oc2ccc3c(C)cc(=O)oc3c2)ccc1Cl. The van der Waals surface area contributed by atoms with Gasteiger partial charge in [-0.25, -0.2) is 18.0 Å². The zero-order valence-corrected chi connectivity index (χ0v) is 18.2. The molecule has 1 aromatic heterocycles. The van der Waals surface area contributed by atoms with Crippen LogP contribution >= 0.6 is 11.6 Å². The lowest BCUT2D eigenvalue weighted by Gasteiger charge is -2.19. The van der Waals surface area contributed by atoms with Crippen LogP contribution in [0, 0.1) is 6.92 Å². The van der Waals surface area contributed by atoms with Crippen LogP contribution < -0.4 is 10.4 Å². The van der Waals surface area contributed by atoms with Crippen LogP contribution in [0.3, 0.4) is 0 Å². The van der Waals surface area contributed by atoms with Gasteiger partial charge in [-0.05, 0) is 42.8 Å². The zero-order chi connectivity index (χ0) is 22.1. The molecule has 0 spiro atoms. The molecule has 0 N–H and O–H groups in total. The largest absolute Gasteiger partial charge is 0.423 e. The molecule has 0 atom stereocenters. The Morgan fingerprint density at radius 1 is 1.10 bits per heavy atom. The van der Waals surface area contributed by atoms with Crippen molar-refractivity contribution in [2.24, 2.45) is 0 Å². The van der Waals surface area contributed by atoms with E-state index in [0.717, 1.165) is 5.56 Å². The minimum atomic E-state index is -3.86. The van der Waals surface area contributed by atoms with E-state index >= 15 is 0 Å². The molecule has 7 nitrogen and oxygen atoms in total. The Morgan fingerprint density at radius 3 is 2.47 bits per heavy atom. The molecule has 158 valence electrons. The second-order valence-electron chi connectivity index (χ2n) is 6.53. The molecule has 9 heteroatoms. The molecule has 0 amide bonds. The van der Waals surface area contributed by atoms with Gasteiger partial charge in [0.1, 0.15) is 16.2 Å². The van der Waals surface area contributed by atoms with E-state index in [2.05, 4.69) is 0 Å². The molecule has 3 rings (SSSR count). The van der Waals surface area contributed by atoms with Gasteiger partial charge in [0.2, 0.25) is 10.0 Å². The summed E-state index contributed by atoms with van der Waals surface area (Å²) in [5.74, 6) is -0.610. The maximum Gasteiger partial charge on any atom is 0.343 e. The highest BCUT2D eigenvalue weighted by Gasteiger charge is 2.26. The summed E-state index contributed by atoms with van der Waals surface area (Å²) in [6.07, 6.45) is 0. The quantitative estimate of drug-likeness (QED) is 0.320. The predicted octanol–water partition coefficient (Wildman–Crippen LogP) is 4.00. The Morgan fingerprint density at radius 2 is 1.80 bits per heavy atom. The van der Waals surface area contributed by atoms with E-state index in [9.17, 15) is 18.0 Å².